The maximum atomic E-state index is 4.41. The second-order valence-electron chi connectivity index (χ2n) is 7.10. The van der Waals surface area contributed by atoms with Crippen LogP contribution in [0.5, 0.6) is 0 Å². The van der Waals surface area contributed by atoms with Gasteiger partial charge in [0.1, 0.15) is 0 Å². The van der Waals surface area contributed by atoms with Crippen molar-refractivity contribution in [3.8, 4) is 0 Å². The lowest BCUT2D eigenvalue weighted by atomic mass is 9.71. The molecule has 0 atom stereocenters. The van der Waals surface area contributed by atoms with E-state index in [0.29, 0.717) is 5.41 Å². The molecule has 1 aliphatic rings. The van der Waals surface area contributed by atoms with E-state index in [-0.39, 0.29) is 0 Å². The smallest absolute Gasteiger partial charge is 0.0637 e. The molecule has 0 saturated heterocycles. The summed E-state index contributed by atoms with van der Waals surface area (Å²) in [5.41, 5.74) is 1.68. The number of hydrogen-bond donors (Lipinski definition) is 1. The molecule has 2 rings (SSSR count). The van der Waals surface area contributed by atoms with Crippen molar-refractivity contribution in [2.45, 2.75) is 58.9 Å². The topological polar surface area (TPSA) is 29.9 Å². The summed E-state index contributed by atoms with van der Waals surface area (Å²) < 4.78 is 1.88. The fraction of sp³-hybridized carbons (Fsp3) is 0.812. The largest absolute Gasteiger partial charge is 0.314 e. The van der Waals surface area contributed by atoms with Crippen LogP contribution in [-0.4, -0.2) is 22.4 Å². The summed E-state index contributed by atoms with van der Waals surface area (Å²) in [4.78, 5) is 0. The van der Waals surface area contributed by atoms with Crippen molar-refractivity contribution in [3.05, 3.63) is 18.0 Å². The molecule has 0 aliphatic heterocycles. The molecule has 0 spiro atoms. The molecule has 0 amide bonds. The van der Waals surface area contributed by atoms with E-state index in [9.17, 15) is 0 Å². The van der Waals surface area contributed by atoms with Gasteiger partial charge in [0.25, 0.3) is 0 Å². The SMILES string of the molecule is Cn1ccc(CCNC2CCC(C(C)(C)C)CC2)n1. The molecule has 0 bridgehead atoms. The van der Waals surface area contributed by atoms with Crippen molar-refractivity contribution in [2.75, 3.05) is 6.54 Å². The van der Waals surface area contributed by atoms with E-state index in [1.165, 1.54) is 31.4 Å². The highest BCUT2D eigenvalue weighted by Gasteiger charge is 2.29. The van der Waals surface area contributed by atoms with Crippen molar-refractivity contribution in [2.24, 2.45) is 18.4 Å². The van der Waals surface area contributed by atoms with E-state index >= 15 is 0 Å². The quantitative estimate of drug-likeness (QED) is 0.904. The highest BCUT2D eigenvalue weighted by atomic mass is 15.2. The molecule has 1 aromatic heterocycles. The van der Waals surface area contributed by atoms with E-state index in [0.717, 1.165) is 24.9 Å². The number of aryl methyl sites for hydroxylation is 1. The van der Waals surface area contributed by atoms with Crippen molar-refractivity contribution in [3.63, 3.8) is 0 Å². The zero-order valence-corrected chi connectivity index (χ0v) is 12.9. The normalized spacial score (nSPS) is 24.6. The lowest BCUT2D eigenvalue weighted by Crippen LogP contribution is -2.37. The van der Waals surface area contributed by atoms with Gasteiger partial charge in [0.2, 0.25) is 0 Å². The van der Waals surface area contributed by atoms with Gasteiger partial charge in [-0.25, -0.2) is 0 Å². The molecule has 1 saturated carbocycles. The Morgan fingerprint density at radius 1 is 1.26 bits per heavy atom. The predicted octanol–water partition coefficient (Wildman–Crippen LogP) is 3.16. The van der Waals surface area contributed by atoms with Gasteiger partial charge in [-0.3, -0.25) is 4.68 Å². The Morgan fingerprint density at radius 3 is 2.47 bits per heavy atom. The molecule has 1 N–H and O–H groups in total. The molecule has 3 heteroatoms. The molecule has 3 nitrogen and oxygen atoms in total. The molecule has 1 fully saturated rings. The summed E-state index contributed by atoms with van der Waals surface area (Å²) in [6.07, 6.45) is 8.49. The van der Waals surface area contributed by atoms with Crippen LogP contribution < -0.4 is 5.32 Å². The highest BCUT2D eigenvalue weighted by molar-refractivity contribution is 4.99. The van der Waals surface area contributed by atoms with E-state index in [4.69, 9.17) is 0 Å². The summed E-state index contributed by atoms with van der Waals surface area (Å²) in [6.45, 7) is 8.20. The molecular weight excluding hydrogens is 234 g/mol. The molecule has 1 heterocycles. The van der Waals surface area contributed by atoms with Crippen LogP contribution >= 0.6 is 0 Å². The van der Waals surface area contributed by atoms with Crippen LogP contribution in [0.25, 0.3) is 0 Å². The van der Waals surface area contributed by atoms with Gasteiger partial charge in [0.05, 0.1) is 5.69 Å². The Morgan fingerprint density at radius 2 is 1.95 bits per heavy atom. The van der Waals surface area contributed by atoms with Crippen LogP contribution in [0.1, 0.15) is 52.1 Å². The Kier molecular flexibility index (Phi) is 4.67. The number of aromatic nitrogens is 2. The van der Waals surface area contributed by atoms with Crippen LogP contribution in [0.2, 0.25) is 0 Å². The molecule has 0 unspecified atom stereocenters. The standard InChI is InChI=1S/C16H29N3/c1-16(2,3)13-5-7-14(8-6-13)17-11-9-15-10-12-19(4)18-15/h10,12-14,17H,5-9,11H2,1-4H3. The first-order chi connectivity index (χ1) is 8.95. The minimum Gasteiger partial charge on any atom is -0.314 e. The van der Waals surface area contributed by atoms with Gasteiger partial charge in [0.15, 0.2) is 0 Å². The summed E-state index contributed by atoms with van der Waals surface area (Å²) in [6, 6.07) is 2.83. The number of rotatable bonds is 4. The van der Waals surface area contributed by atoms with Crippen LogP contribution in [0.15, 0.2) is 12.3 Å². The van der Waals surface area contributed by atoms with Gasteiger partial charge in [-0.15, -0.1) is 0 Å². The van der Waals surface area contributed by atoms with Crippen LogP contribution in [0.3, 0.4) is 0 Å². The maximum absolute atomic E-state index is 4.41. The first kappa shape index (κ1) is 14.6. The monoisotopic (exact) mass is 263 g/mol. The van der Waals surface area contributed by atoms with Crippen molar-refractivity contribution in [1.82, 2.24) is 15.1 Å². The minimum atomic E-state index is 0.485. The van der Waals surface area contributed by atoms with Crippen LogP contribution in [-0.2, 0) is 13.5 Å². The zero-order valence-electron chi connectivity index (χ0n) is 12.9. The third-order valence-corrected chi connectivity index (χ3v) is 4.53. The molecular formula is C16H29N3. The average Bonchev–Trinajstić information content (AvgIpc) is 2.75. The summed E-state index contributed by atoms with van der Waals surface area (Å²) >= 11 is 0. The van der Waals surface area contributed by atoms with Crippen molar-refractivity contribution < 1.29 is 0 Å². The van der Waals surface area contributed by atoms with E-state index in [1.54, 1.807) is 0 Å². The van der Waals surface area contributed by atoms with Gasteiger partial charge in [-0.2, -0.15) is 5.10 Å². The Labute approximate surface area is 117 Å². The van der Waals surface area contributed by atoms with Gasteiger partial charge in [0, 0.05) is 32.3 Å². The average molecular weight is 263 g/mol. The maximum Gasteiger partial charge on any atom is 0.0637 e. The fourth-order valence-electron chi connectivity index (χ4n) is 3.16. The molecule has 1 aromatic rings. The van der Waals surface area contributed by atoms with E-state index in [2.05, 4.69) is 37.3 Å². The first-order valence-corrected chi connectivity index (χ1v) is 7.67. The highest BCUT2D eigenvalue weighted by Crippen LogP contribution is 2.37. The Balaban J connectivity index is 1.66. The first-order valence-electron chi connectivity index (χ1n) is 7.67. The Hall–Kier alpha value is -0.830. The van der Waals surface area contributed by atoms with E-state index in [1.807, 2.05) is 17.9 Å². The second-order valence-corrected chi connectivity index (χ2v) is 7.10. The van der Waals surface area contributed by atoms with Gasteiger partial charge in [-0.1, -0.05) is 20.8 Å². The number of nitrogens with one attached hydrogen (secondary N) is 1. The molecule has 0 aromatic carbocycles. The molecule has 0 radical (unpaired) electrons. The van der Waals surface area contributed by atoms with Crippen LogP contribution in [0.4, 0.5) is 0 Å². The van der Waals surface area contributed by atoms with Crippen molar-refractivity contribution >= 4 is 0 Å². The minimum absolute atomic E-state index is 0.485. The molecule has 1 aliphatic carbocycles. The third-order valence-electron chi connectivity index (χ3n) is 4.53. The number of hydrogen-bond acceptors (Lipinski definition) is 2. The van der Waals surface area contributed by atoms with Gasteiger partial charge in [-0.05, 0) is 43.1 Å². The lowest BCUT2D eigenvalue weighted by Gasteiger charge is -2.37. The fourth-order valence-corrected chi connectivity index (χ4v) is 3.16. The summed E-state index contributed by atoms with van der Waals surface area (Å²) in [7, 11) is 1.98. The zero-order chi connectivity index (χ0) is 13.9. The number of nitrogens with zero attached hydrogens (tertiary/aromatic N) is 2. The second kappa shape index (κ2) is 6.08. The molecule has 108 valence electrons. The summed E-state index contributed by atoms with van der Waals surface area (Å²) in [5, 5.41) is 8.12. The van der Waals surface area contributed by atoms with Crippen LogP contribution in [0, 0.1) is 11.3 Å². The van der Waals surface area contributed by atoms with Gasteiger partial charge >= 0.3 is 0 Å². The third kappa shape index (κ3) is 4.34. The predicted molar refractivity (Wildman–Crippen MR) is 80.1 cm³/mol. The van der Waals surface area contributed by atoms with Gasteiger partial charge < -0.3 is 5.32 Å². The molecule has 19 heavy (non-hydrogen) atoms. The van der Waals surface area contributed by atoms with E-state index < -0.39 is 0 Å². The lowest BCUT2D eigenvalue weighted by molar-refractivity contribution is 0.160. The summed E-state index contributed by atoms with van der Waals surface area (Å²) in [5.74, 6) is 0.904. The Bertz CT molecular complexity index is 381. The van der Waals surface area contributed by atoms with Crippen molar-refractivity contribution in [1.29, 1.82) is 0 Å².